The average Bonchev–Trinajstić information content (AvgIpc) is 2.58. The van der Waals surface area contributed by atoms with Crippen LogP contribution >= 0.6 is 0 Å². The Balaban J connectivity index is 2.79. The lowest BCUT2D eigenvalue weighted by Crippen LogP contribution is -2.41. The van der Waals surface area contributed by atoms with Gasteiger partial charge >= 0.3 is 5.97 Å². The highest BCUT2D eigenvalue weighted by Gasteiger charge is 2.23. The molecule has 1 aromatic heterocycles. The van der Waals surface area contributed by atoms with Gasteiger partial charge in [-0.3, -0.25) is 9.48 Å². The highest BCUT2D eigenvalue weighted by atomic mass is 16.4. The standard InChI is InChI=1S/C12H19N3O3/c1-7(2)5-10(12(17)18)14-11(16)9-6-13-15(4)8(9)3/h6-7,10H,5H2,1-4H3,(H,14,16)(H,17,18)/t10-/m1/s1. The third-order valence-electron chi connectivity index (χ3n) is 2.79. The Morgan fingerprint density at radius 2 is 2.11 bits per heavy atom. The molecule has 0 spiro atoms. The molecule has 0 saturated carbocycles. The molecule has 1 atom stereocenters. The van der Waals surface area contributed by atoms with E-state index >= 15 is 0 Å². The van der Waals surface area contributed by atoms with Gasteiger partial charge in [-0.05, 0) is 19.3 Å². The van der Waals surface area contributed by atoms with E-state index in [9.17, 15) is 9.59 Å². The van der Waals surface area contributed by atoms with Crippen LogP contribution in [0.15, 0.2) is 6.20 Å². The zero-order valence-corrected chi connectivity index (χ0v) is 11.1. The lowest BCUT2D eigenvalue weighted by molar-refractivity contribution is -0.139. The fourth-order valence-electron chi connectivity index (χ4n) is 1.65. The number of nitrogens with one attached hydrogen (secondary N) is 1. The van der Waals surface area contributed by atoms with Gasteiger partial charge in [0.15, 0.2) is 0 Å². The second-order valence-corrected chi connectivity index (χ2v) is 4.76. The maximum atomic E-state index is 11.9. The second-order valence-electron chi connectivity index (χ2n) is 4.76. The van der Waals surface area contributed by atoms with Gasteiger partial charge in [0.05, 0.1) is 11.8 Å². The number of carboxylic acids is 1. The summed E-state index contributed by atoms with van der Waals surface area (Å²) in [6.07, 6.45) is 1.85. The van der Waals surface area contributed by atoms with Crippen molar-refractivity contribution in [1.82, 2.24) is 15.1 Å². The number of carboxylic acid groups (broad SMARTS) is 1. The molecule has 6 heteroatoms. The van der Waals surface area contributed by atoms with Crippen molar-refractivity contribution < 1.29 is 14.7 Å². The number of aryl methyl sites for hydroxylation is 1. The molecule has 0 bridgehead atoms. The molecule has 0 aliphatic rings. The molecular formula is C12H19N3O3. The van der Waals surface area contributed by atoms with E-state index in [0.717, 1.165) is 0 Å². The summed E-state index contributed by atoms with van der Waals surface area (Å²) < 4.78 is 1.58. The number of aliphatic carboxylic acids is 1. The fourth-order valence-corrected chi connectivity index (χ4v) is 1.65. The van der Waals surface area contributed by atoms with E-state index in [4.69, 9.17) is 5.11 Å². The van der Waals surface area contributed by atoms with Crippen LogP contribution in [-0.2, 0) is 11.8 Å². The summed E-state index contributed by atoms with van der Waals surface area (Å²) in [6.45, 7) is 5.59. The number of hydrogen-bond acceptors (Lipinski definition) is 3. The van der Waals surface area contributed by atoms with Gasteiger partial charge in [0.1, 0.15) is 6.04 Å². The van der Waals surface area contributed by atoms with Crippen LogP contribution in [0.2, 0.25) is 0 Å². The highest BCUT2D eigenvalue weighted by molar-refractivity contribution is 5.97. The minimum atomic E-state index is -1.02. The van der Waals surface area contributed by atoms with Crippen molar-refractivity contribution in [3.63, 3.8) is 0 Å². The largest absolute Gasteiger partial charge is 0.480 e. The van der Waals surface area contributed by atoms with Gasteiger partial charge in [-0.15, -0.1) is 0 Å². The molecule has 0 radical (unpaired) electrons. The number of carbonyl (C=O) groups excluding carboxylic acids is 1. The van der Waals surface area contributed by atoms with E-state index in [0.29, 0.717) is 17.7 Å². The number of carbonyl (C=O) groups is 2. The first-order chi connectivity index (χ1) is 8.32. The molecule has 0 aromatic carbocycles. The van der Waals surface area contributed by atoms with Gasteiger partial charge < -0.3 is 10.4 Å². The highest BCUT2D eigenvalue weighted by Crippen LogP contribution is 2.09. The Morgan fingerprint density at radius 3 is 2.50 bits per heavy atom. The van der Waals surface area contributed by atoms with Crippen LogP contribution in [0.5, 0.6) is 0 Å². The Hall–Kier alpha value is -1.85. The molecule has 0 aliphatic carbocycles. The Morgan fingerprint density at radius 1 is 1.50 bits per heavy atom. The Labute approximate surface area is 106 Å². The summed E-state index contributed by atoms with van der Waals surface area (Å²) in [5.74, 6) is -1.21. The van der Waals surface area contributed by atoms with Crippen molar-refractivity contribution in [1.29, 1.82) is 0 Å². The Kier molecular flexibility index (Phi) is 4.47. The monoisotopic (exact) mass is 253 g/mol. The number of aromatic nitrogens is 2. The maximum Gasteiger partial charge on any atom is 0.326 e. The van der Waals surface area contributed by atoms with E-state index in [1.165, 1.54) is 6.20 Å². The molecule has 0 unspecified atom stereocenters. The minimum absolute atomic E-state index is 0.196. The van der Waals surface area contributed by atoms with Gasteiger partial charge in [0, 0.05) is 12.7 Å². The molecule has 1 rings (SSSR count). The fraction of sp³-hybridized carbons (Fsp3) is 0.583. The molecule has 6 nitrogen and oxygen atoms in total. The number of rotatable bonds is 5. The molecule has 18 heavy (non-hydrogen) atoms. The van der Waals surface area contributed by atoms with E-state index in [1.54, 1.807) is 18.7 Å². The van der Waals surface area contributed by atoms with Crippen molar-refractivity contribution in [2.75, 3.05) is 0 Å². The smallest absolute Gasteiger partial charge is 0.326 e. The summed E-state index contributed by atoms with van der Waals surface area (Å²) in [7, 11) is 1.73. The quantitative estimate of drug-likeness (QED) is 0.818. The molecule has 0 aliphatic heterocycles. The maximum absolute atomic E-state index is 11.9. The summed E-state index contributed by atoms with van der Waals surface area (Å²) in [4.78, 5) is 23.0. The van der Waals surface area contributed by atoms with E-state index < -0.39 is 17.9 Å². The van der Waals surface area contributed by atoms with Crippen LogP contribution in [0.3, 0.4) is 0 Å². The number of amides is 1. The van der Waals surface area contributed by atoms with Gasteiger partial charge in [-0.2, -0.15) is 5.10 Å². The lowest BCUT2D eigenvalue weighted by atomic mass is 10.0. The van der Waals surface area contributed by atoms with Gasteiger partial charge in [-0.25, -0.2) is 4.79 Å². The summed E-state index contributed by atoms with van der Waals surface area (Å²) in [5.41, 5.74) is 1.12. The van der Waals surface area contributed by atoms with Crippen LogP contribution in [0.1, 0.15) is 36.3 Å². The van der Waals surface area contributed by atoms with Crippen LogP contribution in [0.25, 0.3) is 0 Å². The zero-order valence-electron chi connectivity index (χ0n) is 11.1. The third kappa shape index (κ3) is 3.32. The van der Waals surface area contributed by atoms with Gasteiger partial charge in [0.2, 0.25) is 0 Å². The molecule has 1 amide bonds. The number of nitrogens with zero attached hydrogens (tertiary/aromatic N) is 2. The second kappa shape index (κ2) is 5.66. The van der Waals surface area contributed by atoms with Crippen LogP contribution in [0.4, 0.5) is 0 Å². The molecule has 100 valence electrons. The average molecular weight is 253 g/mol. The number of hydrogen-bond donors (Lipinski definition) is 2. The predicted octanol–water partition coefficient (Wildman–Crippen LogP) is 0.958. The SMILES string of the molecule is Cc1c(C(=O)N[C@H](CC(C)C)C(=O)O)cnn1C. The van der Waals surface area contributed by atoms with Crippen molar-refractivity contribution in [3.05, 3.63) is 17.5 Å². The van der Waals surface area contributed by atoms with Gasteiger partial charge in [0.25, 0.3) is 5.91 Å². The third-order valence-corrected chi connectivity index (χ3v) is 2.79. The first-order valence-electron chi connectivity index (χ1n) is 5.85. The normalized spacial score (nSPS) is 12.5. The Bertz CT molecular complexity index is 451. The molecule has 0 saturated heterocycles. The van der Waals surface area contributed by atoms with E-state index in [1.807, 2.05) is 13.8 Å². The summed E-state index contributed by atoms with van der Waals surface area (Å²) in [6, 6.07) is -0.864. The van der Waals surface area contributed by atoms with Crippen LogP contribution in [0, 0.1) is 12.8 Å². The predicted molar refractivity (Wildman–Crippen MR) is 66.3 cm³/mol. The molecule has 0 fully saturated rings. The van der Waals surface area contributed by atoms with Crippen LogP contribution < -0.4 is 5.32 Å². The van der Waals surface area contributed by atoms with Crippen molar-refractivity contribution in [3.8, 4) is 0 Å². The van der Waals surface area contributed by atoms with E-state index in [-0.39, 0.29) is 5.92 Å². The van der Waals surface area contributed by atoms with Crippen molar-refractivity contribution >= 4 is 11.9 Å². The molecular weight excluding hydrogens is 234 g/mol. The zero-order chi connectivity index (χ0) is 13.9. The van der Waals surface area contributed by atoms with E-state index in [2.05, 4.69) is 10.4 Å². The first-order valence-corrected chi connectivity index (χ1v) is 5.85. The minimum Gasteiger partial charge on any atom is -0.480 e. The molecule has 2 N–H and O–H groups in total. The molecule has 1 heterocycles. The summed E-state index contributed by atoms with van der Waals surface area (Å²) in [5, 5.41) is 15.5. The van der Waals surface area contributed by atoms with Crippen LogP contribution in [-0.4, -0.2) is 32.8 Å². The topological polar surface area (TPSA) is 84.2 Å². The lowest BCUT2D eigenvalue weighted by Gasteiger charge is -2.16. The van der Waals surface area contributed by atoms with Gasteiger partial charge in [-0.1, -0.05) is 13.8 Å². The van der Waals surface area contributed by atoms with Crippen molar-refractivity contribution in [2.24, 2.45) is 13.0 Å². The van der Waals surface area contributed by atoms with Crippen molar-refractivity contribution in [2.45, 2.75) is 33.2 Å². The first kappa shape index (κ1) is 14.2. The summed E-state index contributed by atoms with van der Waals surface area (Å²) >= 11 is 0. The molecule has 1 aromatic rings.